The maximum absolute atomic E-state index is 14.1. The zero-order valence-electron chi connectivity index (χ0n) is 24.8. The van der Waals surface area contributed by atoms with Gasteiger partial charge in [-0.15, -0.1) is 0 Å². The molecule has 0 amide bonds. The van der Waals surface area contributed by atoms with Crippen LogP contribution in [0.5, 0.6) is 0 Å². The molecule has 0 spiro atoms. The Morgan fingerprint density at radius 2 is 1.23 bits per heavy atom. The molecule has 1 aliphatic rings. The second kappa shape index (κ2) is 13.9. The summed E-state index contributed by atoms with van der Waals surface area (Å²) in [7, 11) is -5.07. The molecule has 0 saturated heterocycles. The molecule has 0 aromatic heterocycles. The predicted molar refractivity (Wildman–Crippen MR) is 158 cm³/mol. The van der Waals surface area contributed by atoms with Crippen molar-refractivity contribution in [3.63, 3.8) is 0 Å². The number of rotatable bonds is 15. The van der Waals surface area contributed by atoms with Crippen LogP contribution in [0.25, 0.3) is 0 Å². The fraction of sp³-hybridized carbons (Fsp3) is 0.364. The van der Waals surface area contributed by atoms with Gasteiger partial charge in [-0.05, 0) is 0 Å². The van der Waals surface area contributed by atoms with E-state index in [0.717, 1.165) is 0 Å². The number of carbonyl (C=O) groups is 3. The topological polar surface area (TPSA) is 148 Å². The molecule has 0 N–H and O–H groups in total. The first-order chi connectivity index (χ1) is 21.1. The van der Waals surface area contributed by atoms with Crippen molar-refractivity contribution in [2.24, 2.45) is 11.3 Å². The van der Waals surface area contributed by atoms with E-state index in [4.69, 9.17) is 13.5 Å². The van der Waals surface area contributed by atoms with Gasteiger partial charge in [-0.3, -0.25) is 0 Å². The van der Waals surface area contributed by atoms with Crippen LogP contribution < -0.4 is 29.9 Å². The van der Waals surface area contributed by atoms with Crippen LogP contribution in [0.3, 0.4) is 0 Å². The van der Waals surface area contributed by atoms with Crippen LogP contribution in [0.4, 0.5) is 0 Å². The maximum atomic E-state index is 14.1. The van der Waals surface area contributed by atoms with Crippen LogP contribution in [0.2, 0.25) is 0 Å². The van der Waals surface area contributed by atoms with E-state index in [-0.39, 0.29) is 32.5 Å². The molecular weight excluding hydrogens is 607 g/mol. The minimum atomic E-state index is -5.07. The molecule has 3 aromatic carbocycles. The van der Waals surface area contributed by atoms with Crippen molar-refractivity contribution < 1.29 is 52.2 Å². The number of hydrogen-bond donors (Lipinski definition) is 0. The molecule has 1 saturated carbocycles. The van der Waals surface area contributed by atoms with E-state index in [2.05, 4.69) is 0 Å². The average Bonchev–Trinajstić information content (AvgIpc) is 3.00. The molecule has 4 rings (SSSR count). The standard InChI is InChI=1S/C33H38ClO9P/c1-3-41-31(36)33(24-14-15-25-35,32(37)42-4-2)29-22-23-30(29)44(43-34(38,39)40,26-16-8-5-9-17-26,27-18-10-6-11-19-27)28-20-12-7-13-21-28/h5-13,16-21,25,29-30H,3-4,14-15,22-24H2,1-2H3. The molecule has 236 valence electrons. The number of hydrogen-bond acceptors (Lipinski definition) is 9. The van der Waals surface area contributed by atoms with Gasteiger partial charge in [0.15, 0.2) is 0 Å². The van der Waals surface area contributed by atoms with Crippen molar-refractivity contribution in [1.82, 2.24) is 0 Å². The Kier molecular flexibility index (Phi) is 10.6. The molecule has 0 heterocycles. The van der Waals surface area contributed by atoms with Crippen molar-refractivity contribution in [1.29, 1.82) is 0 Å². The van der Waals surface area contributed by atoms with Crippen molar-refractivity contribution in [2.45, 2.75) is 51.6 Å². The minimum absolute atomic E-state index is 0.0191. The molecule has 44 heavy (non-hydrogen) atoms. The molecule has 3 aromatic rings. The van der Waals surface area contributed by atoms with Crippen LogP contribution in [-0.4, -0.2) is 37.1 Å². The number of esters is 2. The van der Waals surface area contributed by atoms with Crippen molar-refractivity contribution in [3.05, 3.63) is 91.0 Å². The van der Waals surface area contributed by atoms with E-state index in [0.29, 0.717) is 35.0 Å². The molecule has 1 aliphatic carbocycles. The van der Waals surface area contributed by atoms with E-state index in [1.54, 1.807) is 105 Å². The van der Waals surface area contributed by atoms with Gasteiger partial charge in [0.1, 0.15) is 0 Å². The van der Waals surface area contributed by atoms with Crippen LogP contribution in [0.15, 0.2) is 91.0 Å². The van der Waals surface area contributed by atoms with E-state index < -0.39 is 46.0 Å². The fourth-order valence-corrected chi connectivity index (χ4v) is 15.8. The molecule has 2 atom stereocenters. The quantitative estimate of drug-likeness (QED) is 0.0791. The van der Waals surface area contributed by atoms with E-state index in [1.807, 2.05) is 0 Å². The van der Waals surface area contributed by atoms with Crippen LogP contribution in [0.1, 0.15) is 46.0 Å². The van der Waals surface area contributed by atoms with Gasteiger partial charge in [-0.2, -0.15) is 0 Å². The Labute approximate surface area is 259 Å². The Hall–Kier alpha value is -3.17. The van der Waals surface area contributed by atoms with Crippen molar-refractivity contribution in [3.8, 4) is 0 Å². The van der Waals surface area contributed by atoms with Crippen LogP contribution in [-0.2, 0) is 27.9 Å². The van der Waals surface area contributed by atoms with Gasteiger partial charge in [-0.25, -0.2) is 0 Å². The Balaban J connectivity index is 2.18. The summed E-state index contributed by atoms with van der Waals surface area (Å²) in [4.78, 5) is 39.5. The van der Waals surface area contributed by atoms with Gasteiger partial charge < -0.3 is 0 Å². The number of halogens is 1. The summed E-state index contributed by atoms with van der Waals surface area (Å²) in [6, 6.07) is 26.1. The second-order valence-corrected chi connectivity index (χ2v) is 16.5. The number of benzene rings is 3. The Bertz CT molecular complexity index is 1300. The summed E-state index contributed by atoms with van der Waals surface area (Å²) in [5.74, 6) is -2.50. The molecule has 0 radical (unpaired) electrons. The first-order valence-corrected chi connectivity index (χ1v) is 18.2. The summed E-state index contributed by atoms with van der Waals surface area (Å²) < 4.78 is 56.4. The van der Waals surface area contributed by atoms with Gasteiger partial charge in [-0.1, -0.05) is 0 Å². The van der Waals surface area contributed by atoms with Gasteiger partial charge >= 0.3 is 260 Å². The molecule has 2 unspecified atom stereocenters. The van der Waals surface area contributed by atoms with Crippen molar-refractivity contribution in [2.75, 3.05) is 13.2 Å². The number of aldehydes is 1. The summed E-state index contributed by atoms with van der Waals surface area (Å²) >= 11 is 0. The molecule has 0 bridgehead atoms. The Morgan fingerprint density at radius 1 is 0.795 bits per heavy atom. The zero-order chi connectivity index (χ0) is 31.9. The third kappa shape index (κ3) is 5.69. The zero-order valence-corrected chi connectivity index (χ0v) is 26.5. The molecule has 0 aliphatic heterocycles. The van der Waals surface area contributed by atoms with Crippen LogP contribution >= 0.6 is 6.83 Å². The fourth-order valence-electron chi connectivity index (χ4n) is 6.95. The molecular formula is C33H38ClO9P. The van der Waals surface area contributed by atoms with Crippen LogP contribution in [0, 0.1) is 21.6 Å². The SMILES string of the molecule is CCOC(=O)C(CCCC=O)(C(=O)OCC)C1CCC1P(O[Cl+3]([O-])([O-])[O-])(c1ccccc1)(c1ccccc1)c1ccccc1. The monoisotopic (exact) mass is 644 g/mol. The second-order valence-electron chi connectivity index (χ2n) is 10.8. The van der Waals surface area contributed by atoms with Gasteiger partial charge in [0.2, 0.25) is 0 Å². The van der Waals surface area contributed by atoms with E-state index in [9.17, 15) is 28.4 Å². The molecule has 11 heteroatoms. The van der Waals surface area contributed by atoms with Gasteiger partial charge in [0.05, 0.1) is 0 Å². The summed E-state index contributed by atoms with van der Waals surface area (Å²) in [5, 5.41) is 1.35. The summed E-state index contributed by atoms with van der Waals surface area (Å²) in [6.45, 7) is -1.71. The van der Waals surface area contributed by atoms with E-state index in [1.165, 1.54) is 0 Å². The normalized spacial score (nSPS) is 17.9. The number of unbranched alkanes of at least 4 members (excludes halogenated alkanes) is 1. The van der Waals surface area contributed by atoms with Gasteiger partial charge in [0, 0.05) is 0 Å². The molecule has 1 fully saturated rings. The third-order valence-electron chi connectivity index (χ3n) is 8.71. The predicted octanol–water partition coefficient (Wildman–Crippen LogP) is 1.61. The van der Waals surface area contributed by atoms with Crippen molar-refractivity contribution >= 4 is 41.0 Å². The first-order valence-electron chi connectivity index (χ1n) is 14.7. The third-order valence-corrected chi connectivity index (χ3v) is 16.4. The number of ether oxygens (including phenoxy) is 2. The van der Waals surface area contributed by atoms with E-state index >= 15 is 0 Å². The number of carbonyl (C=O) groups excluding carboxylic acids is 3. The molecule has 9 nitrogen and oxygen atoms in total. The Morgan fingerprint density at radius 3 is 1.55 bits per heavy atom. The summed E-state index contributed by atoms with van der Waals surface area (Å²) in [5.41, 5.74) is -2.75. The average molecular weight is 645 g/mol. The van der Waals surface area contributed by atoms with Gasteiger partial charge in [0.25, 0.3) is 0 Å². The summed E-state index contributed by atoms with van der Waals surface area (Å²) in [6.07, 6.45) is 1.54. The first kappa shape index (κ1) is 33.7.